The lowest BCUT2D eigenvalue weighted by Crippen LogP contribution is -2.36. The van der Waals surface area contributed by atoms with Crippen LogP contribution in [0.2, 0.25) is 0 Å². The maximum Gasteiger partial charge on any atom is 0.252 e. The van der Waals surface area contributed by atoms with Gasteiger partial charge in [-0.2, -0.15) is 4.31 Å². The van der Waals surface area contributed by atoms with Gasteiger partial charge in [0.1, 0.15) is 4.21 Å². The first-order chi connectivity index (χ1) is 9.54. The van der Waals surface area contributed by atoms with E-state index in [1.807, 2.05) is 6.07 Å². The zero-order valence-corrected chi connectivity index (χ0v) is 13.9. The average molecular weight is 338 g/mol. The van der Waals surface area contributed by atoms with Gasteiger partial charge in [-0.05, 0) is 37.8 Å². The van der Waals surface area contributed by atoms with Crippen LogP contribution < -0.4 is 0 Å². The summed E-state index contributed by atoms with van der Waals surface area (Å²) >= 11 is 6.98. The van der Waals surface area contributed by atoms with E-state index in [2.05, 4.69) is 0 Å². The fourth-order valence-corrected chi connectivity index (χ4v) is 5.30. The maximum absolute atomic E-state index is 12.5. The van der Waals surface area contributed by atoms with Crippen molar-refractivity contribution in [2.45, 2.75) is 36.0 Å². The molecular weight excluding hydrogens is 318 g/mol. The Balaban J connectivity index is 2.03. The van der Waals surface area contributed by atoms with Crippen LogP contribution in [-0.2, 0) is 21.2 Å². The second kappa shape index (κ2) is 7.22. The molecule has 0 aromatic carbocycles. The first kappa shape index (κ1) is 16.2. The summed E-state index contributed by atoms with van der Waals surface area (Å²) in [5, 5.41) is 0. The van der Waals surface area contributed by atoms with Crippen LogP contribution in [0, 0.1) is 0 Å². The van der Waals surface area contributed by atoms with Gasteiger partial charge in [-0.1, -0.05) is 0 Å². The van der Waals surface area contributed by atoms with Gasteiger partial charge in [0.2, 0.25) is 0 Å². The summed E-state index contributed by atoms with van der Waals surface area (Å²) in [5.74, 6) is 0.506. The van der Waals surface area contributed by atoms with Gasteiger partial charge in [0.15, 0.2) is 0 Å². The molecule has 1 fully saturated rings. The number of ether oxygens (including phenoxy) is 1. The monoisotopic (exact) mass is 337 g/mol. The van der Waals surface area contributed by atoms with E-state index < -0.39 is 10.0 Å². The second-order valence-corrected chi connectivity index (χ2v) is 8.75. The molecule has 0 saturated carbocycles. The molecule has 0 aliphatic carbocycles. The number of likely N-dealkylation sites (N-methyl/N-ethyl adjacent to an activating group) is 1. The van der Waals surface area contributed by atoms with E-state index in [4.69, 9.17) is 16.3 Å². The molecule has 2 rings (SSSR count). The average Bonchev–Trinajstić information content (AvgIpc) is 2.89. The van der Waals surface area contributed by atoms with Crippen LogP contribution in [0.4, 0.5) is 0 Å². The van der Waals surface area contributed by atoms with Crippen molar-refractivity contribution in [2.75, 3.05) is 26.1 Å². The number of nitrogens with zero attached hydrogens (tertiary/aromatic N) is 1. The molecule has 0 amide bonds. The number of sulfonamides is 1. The molecule has 20 heavy (non-hydrogen) atoms. The highest BCUT2D eigenvalue weighted by atomic mass is 35.5. The molecule has 1 saturated heterocycles. The SMILES string of the molecule is CN(CC1CCCCO1)S(=O)(=O)c1ccc(CCCl)s1. The molecule has 0 spiro atoms. The van der Waals surface area contributed by atoms with Gasteiger partial charge in [-0.25, -0.2) is 8.42 Å². The molecule has 1 atom stereocenters. The third-order valence-electron chi connectivity index (χ3n) is 3.38. The molecule has 1 aliphatic rings. The van der Waals surface area contributed by atoms with Crippen molar-refractivity contribution in [3.8, 4) is 0 Å². The van der Waals surface area contributed by atoms with Gasteiger partial charge in [0.25, 0.3) is 10.0 Å². The van der Waals surface area contributed by atoms with E-state index in [0.717, 1.165) is 30.7 Å². The zero-order chi connectivity index (χ0) is 14.6. The minimum Gasteiger partial charge on any atom is -0.377 e. The van der Waals surface area contributed by atoms with Gasteiger partial charge in [0, 0.05) is 31.0 Å². The Labute approximate surface area is 129 Å². The van der Waals surface area contributed by atoms with Gasteiger partial charge >= 0.3 is 0 Å². The van der Waals surface area contributed by atoms with Gasteiger partial charge in [-0.3, -0.25) is 0 Å². The number of halogens is 1. The molecule has 0 bridgehead atoms. The lowest BCUT2D eigenvalue weighted by molar-refractivity contribution is 0.00860. The van der Waals surface area contributed by atoms with E-state index in [0.29, 0.717) is 23.1 Å². The largest absolute Gasteiger partial charge is 0.377 e. The van der Waals surface area contributed by atoms with E-state index in [9.17, 15) is 8.42 Å². The lowest BCUT2D eigenvalue weighted by Gasteiger charge is -2.26. The molecule has 0 N–H and O–H groups in total. The zero-order valence-electron chi connectivity index (χ0n) is 11.5. The molecule has 1 unspecified atom stereocenters. The predicted octanol–water partition coefficient (Wildman–Crippen LogP) is 2.72. The number of hydrogen-bond acceptors (Lipinski definition) is 4. The van der Waals surface area contributed by atoms with Crippen LogP contribution in [0.5, 0.6) is 0 Å². The van der Waals surface area contributed by atoms with E-state index >= 15 is 0 Å². The quantitative estimate of drug-likeness (QED) is 0.750. The van der Waals surface area contributed by atoms with Crippen molar-refractivity contribution >= 4 is 33.0 Å². The van der Waals surface area contributed by atoms with Crippen LogP contribution in [0.25, 0.3) is 0 Å². The first-order valence-corrected chi connectivity index (χ1v) is 9.56. The molecule has 4 nitrogen and oxygen atoms in total. The summed E-state index contributed by atoms with van der Waals surface area (Å²) < 4.78 is 32.3. The number of hydrogen-bond donors (Lipinski definition) is 0. The molecule has 1 aliphatic heterocycles. The second-order valence-electron chi connectivity index (χ2n) is 4.93. The van der Waals surface area contributed by atoms with Crippen LogP contribution in [0.1, 0.15) is 24.1 Å². The van der Waals surface area contributed by atoms with E-state index in [1.165, 1.54) is 15.6 Å². The van der Waals surface area contributed by atoms with Crippen molar-refractivity contribution in [2.24, 2.45) is 0 Å². The van der Waals surface area contributed by atoms with Crippen molar-refractivity contribution in [3.63, 3.8) is 0 Å². The first-order valence-electron chi connectivity index (χ1n) is 6.76. The van der Waals surface area contributed by atoms with Crippen molar-refractivity contribution < 1.29 is 13.2 Å². The molecule has 2 heterocycles. The highest BCUT2D eigenvalue weighted by molar-refractivity contribution is 7.91. The van der Waals surface area contributed by atoms with Crippen molar-refractivity contribution in [1.29, 1.82) is 0 Å². The summed E-state index contributed by atoms with van der Waals surface area (Å²) in [6.45, 7) is 1.16. The number of aryl methyl sites for hydroxylation is 1. The standard InChI is InChI=1S/C13H20ClNO3S2/c1-15(10-11-4-2-3-9-18-11)20(16,17)13-6-5-12(19-13)7-8-14/h5-6,11H,2-4,7-10H2,1H3. The third-order valence-corrected chi connectivity index (χ3v) is 7.00. The Morgan fingerprint density at radius 1 is 1.45 bits per heavy atom. The third kappa shape index (κ3) is 3.95. The molecule has 114 valence electrons. The fourth-order valence-electron chi connectivity index (χ4n) is 2.21. The van der Waals surface area contributed by atoms with Crippen LogP contribution in [0.15, 0.2) is 16.3 Å². The topological polar surface area (TPSA) is 46.6 Å². The molecule has 1 aromatic rings. The van der Waals surface area contributed by atoms with Gasteiger partial charge in [-0.15, -0.1) is 22.9 Å². The highest BCUT2D eigenvalue weighted by Gasteiger charge is 2.26. The number of thiophene rings is 1. The Morgan fingerprint density at radius 3 is 2.90 bits per heavy atom. The molecule has 1 aromatic heterocycles. The summed E-state index contributed by atoms with van der Waals surface area (Å²) in [4.78, 5) is 1.00. The summed E-state index contributed by atoms with van der Waals surface area (Å²) in [6, 6.07) is 3.50. The Hall–Kier alpha value is -0.140. The van der Waals surface area contributed by atoms with Gasteiger partial charge in [0.05, 0.1) is 6.10 Å². The highest BCUT2D eigenvalue weighted by Crippen LogP contribution is 2.26. The number of rotatable bonds is 6. The lowest BCUT2D eigenvalue weighted by atomic mass is 10.1. The fraction of sp³-hybridized carbons (Fsp3) is 0.692. The minimum absolute atomic E-state index is 0.0193. The Kier molecular flexibility index (Phi) is 5.86. The van der Waals surface area contributed by atoms with Crippen LogP contribution in [-0.4, -0.2) is 44.9 Å². The summed E-state index contributed by atoms with van der Waals surface area (Å²) in [5.41, 5.74) is 0. The normalized spacial score (nSPS) is 20.4. The van der Waals surface area contributed by atoms with Crippen molar-refractivity contribution in [3.05, 3.63) is 17.0 Å². The molecule has 0 radical (unpaired) electrons. The van der Waals surface area contributed by atoms with E-state index in [1.54, 1.807) is 13.1 Å². The van der Waals surface area contributed by atoms with Crippen LogP contribution in [0.3, 0.4) is 0 Å². The Bertz CT molecular complexity index is 523. The maximum atomic E-state index is 12.5. The van der Waals surface area contributed by atoms with E-state index in [-0.39, 0.29) is 6.10 Å². The summed E-state index contributed by atoms with van der Waals surface area (Å²) in [7, 11) is -1.79. The van der Waals surface area contributed by atoms with Crippen molar-refractivity contribution in [1.82, 2.24) is 4.31 Å². The molecular formula is C13H20ClNO3S2. The van der Waals surface area contributed by atoms with Gasteiger partial charge < -0.3 is 4.74 Å². The smallest absolute Gasteiger partial charge is 0.252 e. The predicted molar refractivity (Wildman–Crippen MR) is 82.1 cm³/mol. The minimum atomic E-state index is -3.41. The Morgan fingerprint density at radius 2 is 2.25 bits per heavy atom. The summed E-state index contributed by atoms with van der Waals surface area (Å²) in [6.07, 6.45) is 3.83. The number of alkyl halides is 1. The van der Waals surface area contributed by atoms with Crippen LogP contribution >= 0.6 is 22.9 Å². The molecule has 7 heteroatoms.